The Bertz CT molecular complexity index is 587. The van der Waals surface area contributed by atoms with Crippen LogP contribution in [0.25, 0.3) is 10.2 Å². The van der Waals surface area contributed by atoms with Crippen molar-refractivity contribution >= 4 is 33.3 Å². The molecule has 1 unspecified atom stereocenters. The first-order valence-corrected chi connectivity index (χ1v) is 6.37. The van der Waals surface area contributed by atoms with Crippen molar-refractivity contribution < 1.29 is 0 Å². The molecule has 94 valence electrons. The van der Waals surface area contributed by atoms with Crippen LogP contribution < -0.4 is 16.2 Å². The number of nitrogens with two attached hydrogens (primary N) is 1. The molecule has 7 heteroatoms. The van der Waals surface area contributed by atoms with E-state index in [1.807, 2.05) is 30.3 Å². The van der Waals surface area contributed by atoms with E-state index in [4.69, 9.17) is 11.1 Å². The molecule has 6 nitrogen and oxygen atoms in total. The minimum atomic E-state index is 0.0821. The second-order valence-electron chi connectivity index (χ2n) is 3.98. The van der Waals surface area contributed by atoms with Crippen molar-refractivity contribution in [3.63, 3.8) is 0 Å². The number of nitrogen functional groups attached to an aromatic ring is 1. The first-order valence-electron chi connectivity index (χ1n) is 5.49. The van der Waals surface area contributed by atoms with Crippen molar-refractivity contribution in [1.29, 1.82) is 5.26 Å². The number of fused-ring (bicyclic) bond motifs is 1. The Morgan fingerprint density at radius 2 is 2.39 bits per heavy atom. The molecule has 2 aromatic heterocycles. The number of hydrogen-bond donors (Lipinski definition) is 2. The van der Waals surface area contributed by atoms with Gasteiger partial charge in [-0.25, -0.2) is 10.8 Å². The fourth-order valence-corrected chi connectivity index (χ4v) is 2.41. The smallest absolute Gasteiger partial charge is 0.240 e. The molecule has 0 bridgehead atoms. The molecule has 0 radical (unpaired) electrons. The summed E-state index contributed by atoms with van der Waals surface area (Å²) in [7, 11) is 1.92. The Morgan fingerprint density at radius 1 is 1.61 bits per heavy atom. The predicted molar refractivity (Wildman–Crippen MR) is 73.3 cm³/mol. The topological polar surface area (TPSA) is 90.9 Å². The summed E-state index contributed by atoms with van der Waals surface area (Å²) in [6, 6.07) is 4.23. The Hall–Kier alpha value is -1.91. The molecule has 3 N–H and O–H groups in total. The summed E-state index contributed by atoms with van der Waals surface area (Å²) in [5.41, 5.74) is 2.47. The number of nitriles is 1. The van der Waals surface area contributed by atoms with Crippen LogP contribution in [0.4, 0.5) is 11.8 Å². The molecule has 2 heterocycles. The molecule has 2 aromatic rings. The number of hydrazine groups is 1. The lowest BCUT2D eigenvalue weighted by Gasteiger charge is -2.24. The second-order valence-corrected chi connectivity index (χ2v) is 4.87. The molecular weight excluding hydrogens is 248 g/mol. The number of anilines is 2. The van der Waals surface area contributed by atoms with Crippen LogP contribution in [0.3, 0.4) is 0 Å². The van der Waals surface area contributed by atoms with Crippen LogP contribution >= 0.6 is 11.3 Å². The van der Waals surface area contributed by atoms with Crippen LogP contribution in [0.5, 0.6) is 0 Å². The van der Waals surface area contributed by atoms with Crippen molar-refractivity contribution in [2.75, 3.05) is 17.4 Å². The Labute approximate surface area is 109 Å². The van der Waals surface area contributed by atoms with Crippen molar-refractivity contribution in [1.82, 2.24) is 9.97 Å². The van der Waals surface area contributed by atoms with E-state index >= 15 is 0 Å². The summed E-state index contributed by atoms with van der Waals surface area (Å²) in [4.78, 5) is 11.5. The van der Waals surface area contributed by atoms with Crippen LogP contribution in [0.15, 0.2) is 11.4 Å². The highest BCUT2D eigenvalue weighted by atomic mass is 32.1. The van der Waals surface area contributed by atoms with E-state index in [2.05, 4.69) is 21.5 Å². The van der Waals surface area contributed by atoms with E-state index in [-0.39, 0.29) is 6.04 Å². The molecule has 2 rings (SSSR count). The minimum absolute atomic E-state index is 0.0821. The van der Waals surface area contributed by atoms with Gasteiger partial charge in [0.1, 0.15) is 10.6 Å². The maximum absolute atomic E-state index is 8.77. The fraction of sp³-hybridized carbons (Fsp3) is 0.364. The van der Waals surface area contributed by atoms with Gasteiger partial charge >= 0.3 is 0 Å². The number of nitrogens with one attached hydrogen (secondary N) is 1. The van der Waals surface area contributed by atoms with E-state index in [9.17, 15) is 0 Å². The highest BCUT2D eigenvalue weighted by Crippen LogP contribution is 2.29. The first kappa shape index (κ1) is 12.5. The summed E-state index contributed by atoms with van der Waals surface area (Å²) in [6.45, 7) is 1.99. The van der Waals surface area contributed by atoms with Gasteiger partial charge < -0.3 is 4.90 Å². The van der Waals surface area contributed by atoms with Crippen LogP contribution in [0.1, 0.15) is 13.3 Å². The molecule has 0 aromatic carbocycles. The zero-order valence-corrected chi connectivity index (χ0v) is 11.0. The average Bonchev–Trinajstić information content (AvgIpc) is 2.84. The van der Waals surface area contributed by atoms with Crippen LogP contribution in [-0.2, 0) is 0 Å². The molecule has 0 aliphatic heterocycles. The lowest BCUT2D eigenvalue weighted by molar-refractivity contribution is 0.696. The molecule has 0 saturated carbocycles. The summed E-state index contributed by atoms with van der Waals surface area (Å²) in [5.74, 6) is 6.55. The van der Waals surface area contributed by atoms with Gasteiger partial charge in [-0.05, 0) is 18.4 Å². The maximum atomic E-state index is 8.77. The van der Waals surface area contributed by atoms with Gasteiger partial charge in [0.15, 0.2) is 0 Å². The average molecular weight is 262 g/mol. The molecule has 18 heavy (non-hydrogen) atoms. The van der Waals surface area contributed by atoms with E-state index in [1.54, 1.807) is 0 Å². The predicted octanol–water partition coefficient (Wildman–Crippen LogP) is 1.72. The van der Waals surface area contributed by atoms with Crippen LogP contribution in [-0.4, -0.2) is 23.1 Å². The maximum Gasteiger partial charge on any atom is 0.240 e. The van der Waals surface area contributed by atoms with Gasteiger partial charge in [0.25, 0.3) is 0 Å². The molecule has 0 spiro atoms. The van der Waals surface area contributed by atoms with E-state index in [1.165, 1.54) is 11.3 Å². The summed E-state index contributed by atoms with van der Waals surface area (Å²) in [6.07, 6.45) is 0.442. The van der Waals surface area contributed by atoms with Gasteiger partial charge in [0.05, 0.1) is 17.9 Å². The molecule has 0 amide bonds. The van der Waals surface area contributed by atoms with Gasteiger partial charge in [-0.3, -0.25) is 5.43 Å². The third-order valence-corrected chi connectivity index (χ3v) is 3.62. The van der Waals surface area contributed by atoms with Crippen molar-refractivity contribution in [2.45, 2.75) is 19.4 Å². The summed E-state index contributed by atoms with van der Waals surface area (Å²) >= 11 is 1.54. The van der Waals surface area contributed by atoms with Gasteiger partial charge in [-0.1, -0.05) is 0 Å². The third-order valence-electron chi connectivity index (χ3n) is 2.82. The third kappa shape index (κ3) is 2.20. The number of thiophene rings is 1. The summed E-state index contributed by atoms with van der Waals surface area (Å²) < 4.78 is 0. The monoisotopic (exact) mass is 262 g/mol. The first-order chi connectivity index (χ1) is 8.67. The molecule has 0 saturated heterocycles. The number of rotatable bonds is 4. The number of aromatic nitrogens is 2. The summed E-state index contributed by atoms with van der Waals surface area (Å²) in [5, 5.41) is 11.7. The quantitative estimate of drug-likeness (QED) is 0.644. The second kappa shape index (κ2) is 5.16. The Morgan fingerprint density at radius 3 is 3.06 bits per heavy atom. The zero-order valence-electron chi connectivity index (χ0n) is 10.2. The molecule has 1 atom stereocenters. The lowest BCUT2D eigenvalue weighted by Crippen LogP contribution is -2.29. The standard InChI is InChI=1S/C11H14N6S/c1-7(3-5-12)17(2)9-8-4-6-18-10(8)15-11(14-9)16-13/h4,6-7H,3,13H2,1-2H3,(H,14,15,16). The zero-order chi connectivity index (χ0) is 13.1. The fourth-order valence-electron chi connectivity index (χ4n) is 1.65. The van der Waals surface area contributed by atoms with Gasteiger partial charge in [0, 0.05) is 13.1 Å². The van der Waals surface area contributed by atoms with E-state index in [0.29, 0.717) is 12.4 Å². The largest absolute Gasteiger partial charge is 0.355 e. The van der Waals surface area contributed by atoms with Gasteiger partial charge in [-0.15, -0.1) is 11.3 Å². The lowest BCUT2D eigenvalue weighted by atomic mass is 10.2. The van der Waals surface area contributed by atoms with Gasteiger partial charge in [-0.2, -0.15) is 10.2 Å². The van der Waals surface area contributed by atoms with Crippen molar-refractivity contribution in [2.24, 2.45) is 5.84 Å². The number of hydrogen-bond acceptors (Lipinski definition) is 7. The SMILES string of the molecule is CC(CC#N)N(C)c1nc(NN)nc2sccc12. The van der Waals surface area contributed by atoms with E-state index < -0.39 is 0 Å². The van der Waals surface area contributed by atoms with Crippen LogP contribution in [0.2, 0.25) is 0 Å². The normalized spacial score (nSPS) is 12.1. The Kier molecular flexibility index (Phi) is 3.60. The van der Waals surface area contributed by atoms with Crippen molar-refractivity contribution in [3.8, 4) is 6.07 Å². The molecular formula is C11H14N6S. The number of nitrogens with zero attached hydrogens (tertiary/aromatic N) is 4. The highest BCUT2D eigenvalue weighted by Gasteiger charge is 2.16. The minimum Gasteiger partial charge on any atom is -0.355 e. The molecule has 0 aliphatic carbocycles. The molecule has 0 aliphatic rings. The van der Waals surface area contributed by atoms with Gasteiger partial charge in [0.2, 0.25) is 5.95 Å². The highest BCUT2D eigenvalue weighted by molar-refractivity contribution is 7.16. The Balaban J connectivity index is 2.48. The van der Waals surface area contributed by atoms with Crippen molar-refractivity contribution in [3.05, 3.63) is 11.4 Å². The van der Waals surface area contributed by atoms with E-state index in [0.717, 1.165) is 16.0 Å². The molecule has 0 fully saturated rings. The van der Waals surface area contributed by atoms with Crippen LogP contribution in [0, 0.1) is 11.3 Å².